The van der Waals surface area contributed by atoms with E-state index in [0.29, 0.717) is 0 Å². The van der Waals surface area contributed by atoms with Gasteiger partial charge in [0.15, 0.2) is 5.75 Å². The van der Waals surface area contributed by atoms with Gasteiger partial charge >= 0.3 is 11.7 Å². The molecule has 25 heavy (non-hydrogen) atoms. The Morgan fingerprint density at radius 3 is 2.80 bits per heavy atom. The maximum atomic E-state index is 12.3. The lowest BCUT2D eigenvalue weighted by Gasteiger charge is -2.27. The zero-order valence-electron chi connectivity index (χ0n) is 13.5. The highest BCUT2D eigenvalue weighted by Crippen LogP contribution is 2.45. The van der Waals surface area contributed by atoms with Gasteiger partial charge in [-0.1, -0.05) is 12.1 Å². The molecule has 9 heteroatoms. The van der Waals surface area contributed by atoms with Crippen molar-refractivity contribution < 1.29 is 24.3 Å². The van der Waals surface area contributed by atoms with Gasteiger partial charge in [0.05, 0.1) is 23.0 Å². The lowest BCUT2D eigenvalue weighted by atomic mass is 9.82. The van der Waals surface area contributed by atoms with Crippen LogP contribution < -0.4 is 5.73 Å². The van der Waals surface area contributed by atoms with E-state index in [1.165, 1.54) is 19.1 Å². The van der Waals surface area contributed by atoms with Crippen molar-refractivity contribution in [1.29, 1.82) is 5.26 Å². The highest BCUT2D eigenvalue weighted by atomic mass is 16.6. The second kappa shape index (κ2) is 6.92. The number of nitrogens with two attached hydrogens (primary N) is 1. The van der Waals surface area contributed by atoms with E-state index in [4.69, 9.17) is 15.2 Å². The number of aromatic hydroxyl groups is 1. The van der Waals surface area contributed by atoms with Gasteiger partial charge in [-0.15, -0.1) is 0 Å². The molecule has 9 nitrogen and oxygen atoms in total. The monoisotopic (exact) mass is 345 g/mol. The van der Waals surface area contributed by atoms with Gasteiger partial charge in [-0.05, 0) is 13.8 Å². The maximum absolute atomic E-state index is 12.3. The van der Waals surface area contributed by atoms with Crippen molar-refractivity contribution in [1.82, 2.24) is 0 Å². The number of esters is 1. The molecule has 130 valence electrons. The molecule has 3 N–H and O–H groups in total. The number of carbonyl (C=O) groups is 1. The molecule has 1 heterocycles. The molecular weight excluding hydrogens is 330 g/mol. The maximum Gasteiger partial charge on any atom is 0.338 e. The smallest absolute Gasteiger partial charge is 0.338 e. The van der Waals surface area contributed by atoms with Crippen LogP contribution in [-0.2, 0) is 14.3 Å². The zero-order valence-corrected chi connectivity index (χ0v) is 13.5. The Balaban J connectivity index is 2.74. The van der Waals surface area contributed by atoms with E-state index in [1.54, 1.807) is 6.92 Å². The summed E-state index contributed by atoms with van der Waals surface area (Å²) in [4.78, 5) is 22.6. The Hall–Kier alpha value is -3.54. The van der Waals surface area contributed by atoms with Crippen molar-refractivity contribution in [2.24, 2.45) is 5.73 Å². The number of phenols is 1. The summed E-state index contributed by atoms with van der Waals surface area (Å²) in [6.07, 6.45) is 0. The molecule has 0 radical (unpaired) electrons. The molecule has 0 aromatic heterocycles. The third-order valence-electron chi connectivity index (χ3n) is 3.65. The number of nitro groups is 1. The number of nitro benzene ring substituents is 1. The van der Waals surface area contributed by atoms with Crippen LogP contribution in [0.1, 0.15) is 25.3 Å². The highest BCUT2D eigenvalue weighted by Gasteiger charge is 2.38. The van der Waals surface area contributed by atoms with Crippen molar-refractivity contribution in [2.45, 2.75) is 19.8 Å². The first-order valence-electron chi connectivity index (χ1n) is 7.25. The Morgan fingerprint density at radius 2 is 2.24 bits per heavy atom. The summed E-state index contributed by atoms with van der Waals surface area (Å²) in [5.41, 5.74) is 4.95. The predicted molar refractivity (Wildman–Crippen MR) is 84.7 cm³/mol. The third-order valence-corrected chi connectivity index (χ3v) is 3.65. The summed E-state index contributed by atoms with van der Waals surface area (Å²) in [6, 6.07) is 5.65. The molecule has 0 saturated carbocycles. The van der Waals surface area contributed by atoms with Crippen LogP contribution in [0.15, 0.2) is 41.0 Å². The Kier molecular flexibility index (Phi) is 4.93. The van der Waals surface area contributed by atoms with E-state index in [-0.39, 0.29) is 35.0 Å². The average Bonchev–Trinajstić information content (AvgIpc) is 2.54. The van der Waals surface area contributed by atoms with Crippen LogP contribution >= 0.6 is 0 Å². The summed E-state index contributed by atoms with van der Waals surface area (Å²) < 4.78 is 10.2. The lowest BCUT2D eigenvalue weighted by Crippen LogP contribution is -2.25. The minimum absolute atomic E-state index is 0.0144. The largest absolute Gasteiger partial charge is 0.502 e. The number of benzene rings is 1. The Labute approximate surface area is 142 Å². The number of carbonyl (C=O) groups excluding carboxylic acids is 1. The van der Waals surface area contributed by atoms with Crippen LogP contribution in [-0.4, -0.2) is 22.6 Å². The van der Waals surface area contributed by atoms with Gasteiger partial charge in [-0.3, -0.25) is 10.1 Å². The third kappa shape index (κ3) is 3.10. The quantitative estimate of drug-likeness (QED) is 0.477. The zero-order chi connectivity index (χ0) is 18.7. The first-order chi connectivity index (χ1) is 11.8. The standard InChI is InChI=1S/C16H15N3O6/c1-3-24-16(21)12-8(2)25-15(18)10(7-17)13(12)9-5-4-6-11(14(9)20)19(22)23/h4-6,13,20H,3,18H2,1-2H3. The molecule has 1 aliphatic rings. The number of nitriles is 1. The SMILES string of the molecule is CCOC(=O)C1=C(C)OC(N)=C(C#N)C1c1cccc([N+](=O)[O-])c1O. The van der Waals surface area contributed by atoms with E-state index >= 15 is 0 Å². The number of ether oxygens (including phenoxy) is 2. The van der Waals surface area contributed by atoms with E-state index in [2.05, 4.69) is 0 Å². The highest BCUT2D eigenvalue weighted by molar-refractivity contribution is 5.93. The van der Waals surface area contributed by atoms with Crippen molar-refractivity contribution >= 4 is 11.7 Å². The van der Waals surface area contributed by atoms with Crippen LogP contribution in [0.25, 0.3) is 0 Å². The minimum Gasteiger partial charge on any atom is -0.502 e. The number of para-hydroxylation sites is 1. The first kappa shape index (κ1) is 17.8. The lowest BCUT2D eigenvalue weighted by molar-refractivity contribution is -0.385. The predicted octanol–water partition coefficient (Wildman–Crippen LogP) is 1.95. The molecule has 0 bridgehead atoms. The molecule has 0 saturated heterocycles. The number of nitrogens with zero attached hydrogens (tertiary/aromatic N) is 2. The van der Waals surface area contributed by atoms with Crippen LogP contribution in [0.2, 0.25) is 0 Å². The Bertz CT molecular complexity index is 850. The molecule has 0 amide bonds. The summed E-state index contributed by atoms with van der Waals surface area (Å²) in [5.74, 6) is -2.72. The molecule has 1 aromatic rings. The van der Waals surface area contributed by atoms with Crippen LogP contribution in [0.3, 0.4) is 0 Å². The second-order valence-corrected chi connectivity index (χ2v) is 5.09. The normalized spacial score (nSPS) is 16.9. The number of phenolic OH excluding ortho intramolecular Hbond substituents is 1. The van der Waals surface area contributed by atoms with Gasteiger partial charge in [0.2, 0.25) is 5.88 Å². The summed E-state index contributed by atoms with van der Waals surface area (Å²) in [6.45, 7) is 3.13. The van der Waals surface area contributed by atoms with Crippen molar-refractivity contribution in [2.75, 3.05) is 6.61 Å². The molecule has 1 unspecified atom stereocenters. The van der Waals surface area contributed by atoms with E-state index in [0.717, 1.165) is 6.07 Å². The second-order valence-electron chi connectivity index (χ2n) is 5.09. The topological polar surface area (TPSA) is 149 Å². The molecule has 0 fully saturated rings. The molecule has 0 spiro atoms. The molecule has 0 aliphatic carbocycles. The average molecular weight is 345 g/mol. The molecule has 1 aromatic carbocycles. The van der Waals surface area contributed by atoms with Crippen LogP contribution in [0.4, 0.5) is 5.69 Å². The van der Waals surface area contributed by atoms with Gasteiger partial charge < -0.3 is 20.3 Å². The van der Waals surface area contributed by atoms with Gasteiger partial charge in [0.25, 0.3) is 0 Å². The fourth-order valence-corrected chi connectivity index (χ4v) is 2.59. The fourth-order valence-electron chi connectivity index (χ4n) is 2.59. The molecule has 2 rings (SSSR count). The van der Waals surface area contributed by atoms with E-state index < -0.39 is 28.2 Å². The summed E-state index contributed by atoms with van der Waals surface area (Å²) in [7, 11) is 0. The van der Waals surface area contributed by atoms with E-state index in [1.807, 2.05) is 6.07 Å². The van der Waals surface area contributed by atoms with Gasteiger partial charge in [0.1, 0.15) is 17.4 Å². The van der Waals surface area contributed by atoms with Crippen molar-refractivity contribution in [3.8, 4) is 11.8 Å². The molecule has 1 atom stereocenters. The van der Waals surface area contributed by atoms with Crippen LogP contribution in [0.5, 0.6) is 5.75 Å². The van der Waals surface area contributed by atoms with Crippen molar-refractivity contribution in [3.63, 3.8) is 0 Å². The molecule has 1 aliphatic heterocycles. The number of hydrogen-bond acceptors (Lipinski definition) is 8. The minimum atomic E-state index is -1.14. The molecular formula is C16H15N3O6. The van der Waals surface area contributed by atoms with E-state index in [9.17, 15) is 25.3 Å². The van der Waals surface area contributed by atoms with Gasteiger partial charge in [-0.2, -0.15) is 5.26 Å². The van der Waals surface area contributed by atoms with Crippen molar-refractivity contribution in [3.05, 3.63) is 56.7 Å². The summed E-state index contributed by atoms with van der Waals surface area (Å²) in [5, 5.41) is 30.8. The Morgan fingerprint density at radius 1 is 1.56 bits per heavy atom. The number of allylic oxidation sites excluding steroid dienone is 2. The van der Waals surface area contributed by atoms with Gasteiger partial charge in [-0.25, -0.2) is 4.79 Å². The first-order valence-corrected chi connectivity index (χ1v) is 7.25. The van der Waals surface area contributed by atoms with Crippen LogP contribution in [0, 0.1) is 21.4 Å². The number of hydrogen-bond donors (Lipinski definition) is 2. The fraction of sp³-hybridized carbons (Fsp3) is 0.250. The number of rotatable bonds is 4. The van der Waals surface area contributed by atoms with Gasteiger partial charge in [0, 0.05) is 11.6 Å². The summed E-state index contributed by atoms with van der Waals surface area (Å²) >= 11 is 0.